The molecule has 0 saturated carbocycles. The molecule has 0 unspecified atom stereocenters. The maximum Gasteiger partial charge on any atom is 0.191 e. The summed E-state index contributed by atoms with van der Waals surface area (Å²) in [5.74, 6) is 2.13. The van der Waals surface area contributed by atoms with Gasteiger partial charge >= 0.3 is 0 Å². The molecule has 3 N–H and O–H groups in total. The van der Waals surface area contributed by atoms with Crippen LogP contribution in [0.2, 0.25) is 0 Å². The van der Waals surface area contributed by atoms with E-state index in [-0.39, 0.29) is 24.0 Å². The van der Waals surface area contributed by atoms with Crippen LogP contribution >= 0.6 is 24.0 Å². The number of methoxy groups -OCH3 is 1. The van der Waals surface area contributed by atoms with Gasteiger partial charge < -0.3 is 25.4 Å². The highest BCUT2D eigenvalue weighted by Gasteiger charge is 2.18. The molecule has 3 rings (SSSR count). The van der Waals surface area contributed by atoms with Crippen LogP contribution in [-0.4, -0.2) is 44.4 Å². The zero-order chi connectivity index (χ0) is 21.2. The molecule has 0 bridgehead atoms. The summed E-state index contributed by atoms with van der Waals surface area (Å²) in [5, 5.41) is 16.0. The maximum absolute atomic E-state index is 9.31. The molecule has 0 aromatic heterocycles. The number of piperidine rings is 1. The number of aliphatic hydroxyl groups is 1. The predicted octanol–water partition coefficient (Wildman–Crippen LogP) is 3.78. The molecule has 2 aromatic rings. The normalized spacial score (nSPS) is 14.7. The zero-order valence-electron chi connectivity index (χ0n) is 18.5. The van der Waals surface area contributed by atoms with Crippen molar-refractivity contribution in [1.29, 1.82) is 0 Å². The van der Waals surface area contributed by atoms with Gasteiger partial charge in [0.1, 0.15) is 5.75 Å². The minimum Gasteiger partial charge on any atom is -0.497 e. The Kier molecular flexibility index (Phi) is 10.9. The molecule has 0 aliphatic carbocycles. The van der Waals surface area contributed by atoms with E-state index in [1.54, 1.807) is 7.11 Å². The van der Waals surface area contributed by atoms with Gasteiger partial charge in [0.15, 0.2) is 5.96 Å². The van der Waals surface area contributed by atoms with Gasteiger partial charge in [0.25, 0.3) is 0 Å². The molecule has 1 fully saturated rings. The highest BCUT2D eigenvalue weighted by atomic mass is 127. The Bertz CT molecular complexity index is 788. The Labute approximate surface area is 203 Å². The van der Waals surface area contributed by atoms with Crippen molar-refractivity contribution in [2.45, 2.75) is 32.9 Å². The average molecular weight is 538 g/mol. The largest absolute Gasteiger partial charge is 0.497 e. The molecule has 0 amide bonds. The van der Waals surface area contributed by atoms with Crippen molar-refractivity contribution in [3.05, 3.63) is 59.7 Å². The van der Waals surface area contributed by atoms with Gasteiger partial charge in [0.2, 0.25) is 0 Å². The first-order valence-electron chi connectivity index (χ1n) is 10.8. The fourth-order valence-corrected chi connectivity index (χ4v) is 3.63. The summed E-state index contributed by atoms with van der Waals surface area (Å²) in [6.07, 6.45) is 2.13. The van der Waals surface area contributed by atoms with E-state index in [0.29, 0.717) is 19.1 Å². The van der Waals surface area contributed by atoms with E-state index in [0.717, 1.165) is 56.3 Å². The first-order chi connectivity index (χ1) is 14.7. The van der Waals surface area contributed by atoms with Gasteiger partial charge in [-0.3, -0.25) is 0 Å². The van der Waals surface area contributed by atoms with Crippen molar-refractivity contribution < 1.29 is 9.84 Å². The van der Waals surface area contributed by atoms with Crippen molar-refractivity contribution in [1.82, 2.24) is 10.6 Å². The lowest BCUT2D eigenvalue weighted by Gasteiger charge is -2.33. The third-order valence-corrected chi connectivity index (χ3v) is 5.56. The topological polar surface area (TPSA) is 69.1 Å². The van der Waals surface area contributed by atoms with Crippen LogP contribution in [0.25, 0.3) is 0 Å². The SMILES string of the molecule is CCNC(=NCc1ccc(OC)cc1)NCc1ccc(N2CCC(CO)CC2)cc1.I. The van der Waals surface area contributed by atoms with Crippen molar-refractivity contribution in [3.63, 3.8) is 0 Å². The summed E-state index contributed by atoms with van der Waals surface area (Å²) in [5.41, 5.74) is 3.62. The Balaban J connectivity index is 0.00000341. The molecule has 170 valence electrons. The summed E-state index contributed by atoms with van der Waals surface area (Å²) in [4.78, 5) is 7.09. The maximum atomic E-state index is 9.31. The second-order valence-electron chi connectivity index (χ2n) is 7.68. The molecular weight excluding hydrogens is 503 g/mol. The lowest BCUT2D eigenvalue weighted by Crippen LogP contribution is -2.36. The number of nitrogens with one attached hydrogen (secondary N) is 2. The highest BCUT2D eigenvalue weighted by molar-refractivity contribution is 14.0. The van der Waals surface area contributed by atoms with Crippen LogP contribution in [0.5, 0.6) is 5.75 Å². The summed E-state index contributed by atoms with van der Waals surface area (Å²) in [6.45, 7) is 6.57. The molecule has 0 atom stereocenters. The van der Waals surface area contributed by atoms with E-state index >= 15 is 0 Å². The fourth-order valence-electron chi connectivity index (χ4n) is 3.63. The summed E-state index contributed by atoms with van der Waals surface area (Å²) in [7, 11) is 1.67. The number of nitrogens with zero attached hydrogens (tertiary/aromatic N) is 2. The third-order valence-electron chi connectivity index (χ3n) is 5.56. The minimum atomic E-state index is 0. The molecule has 0 spiro atoms. The molecule has 31 heavy (non-hydrogen) atoms. The molecule has 1 saturated heterocycles. The van der Waals surface area contributed by atoms with E-state index in [4.69, 9.17) is 4.74 Å². The number of rotatable bonds is 8. The summed E-state index contributed by atoms with van der Waals surface area (Å²) >= 11 is 0. The van der Waals surface area contributed by atoms with Crippen LogP contribution in [0.4, 0.5) is 5.69 Å². The van der Waals surface area contributed by atoms with Crippen molar-refractivity contribution in [2.75, 3.05) is 38.3 Å². The molecular formula is C24H35IN4O2. The molecule has 1 heterocycles. The van der Waals surface area contributed by atoms with E-state index in [1.807, 2.05) is 24.3 Å². The molecule has 1 aliphatic heterocycles. The van der Waals surface area contributed by atoms with Gasteiger partial charge in [-0.05, 0) is 61.1 Å². The molecule has 0 radical (unpaired) electrons. The van der Waals surface area contributed by atoms with Crippen LogP contribution in [0, 0.1) is 5.92 Å². The van der Waals surface area contributed by atoms with Crippen LogP contribution in [0.3, 0.4) is 0 Å². The quantitative estimate of drug-likeness (QED) is 0.271. The number of halogens is 1. The smallest absolute Gasteiger partial charge is 0.191 e. The first-order valence-corrected chi connectivity index (χ1v) is 10.8. The minimum absolute atomic E-state index is 0. The Morgan fingerprint density at radius 1 is 1.03 bits per heavy atom. The Hall–Kier alpha value is -2.00. The van der Waals surface area contributed by atoms with Crippen molar-refractivity contribution in [3.8, 4) is 5.75 Å². The first kappa shape index (κ1) is 25.3. The monoisotopic (exact) mass is 538 g/mol. The van der Waals surface area contributed by atoms with Gasteiger partial charge in [0, 0.05) is 38.5 Å². The Morgan fingerprint density at radius 2 is 1.68 bits per heavy atom. The van der Waals surface area contributed by atoms with E-state index < -0.39 is 0 Å². The van der Waals surface area contributed by atoms with E-state index in [1.165, 1.54) is 11.3 Å². The third kappa shape index (κ3) is 7.88. The lowest BCUT2D eigenvalue weighted by molar-refractivity contribution is 0.203. The fraction of sp³-hybridized carbons (Fsp3) is 0.458. The van der Waals surface area contributed by atoms with Crippen LogP contribution < -0.4 is 20.3 Å². The molecule has 6 nitrogen and oxygen atoms in total. The molecule has 2 aromatic carbocycles. The average Bonchev–Trinajstić information content (AvgIpc) is 2.81. The van der Waals surface area contributed by atoms with E-state index in [9.17, 15) is 5.11 Å². The number of anilines is 1. The number of guanidine groups is 1. The van der Waals surface area contributed by atoms with Gasteiger partial charge in [-0.2, -0.15) is 0 Å². The van der Waals surface area contributed by atoms with Gasteiger partial charge in [-0.1, -0.05) is 24.3 Å². The van der Waals surface area contributed by atoms with Gasteiger partial charge in [-0.15, -0.1) is 24.0 Å². The van der Waals surface area contributed by atoms with Gasteiger partial charge in [-0.25, -0.2) is 4.99 Å². The summed E-state index contributed by atoms with van der Waals surface area (Å²) in [6, 6.07) is 16.7. The van der Waals surface area contributed by atoms with Crippen LogP contribution in [0.15, 0.2) is 53.5 Å². The molecule has 1 aliphatic rings. The van der Waals surface area contributed by atoms with E-state index in [2.05, 4.69) is 51.7 Å². The van der Waals surface area contributed by atoms with Crippen LogP contribution in [-0.2, 0) is 13.1 Å². The number of hydrogen-bond acceptors (Lipinski definition) is 4. The second kappa shape index (κ2) is 13.4. The molecule has 7 heteroatoms. The number of ether oxygens (including phenoxy) is 1. The van der Waals surface area contributed by atoms with Crippen molar-refractivity contribution >= 4 is 35.6 Å². The number of aliphatic imine (C=N–C) groups is 1. The lowest BCUT2D eigenvalue weighted by atomic mass is 9.97. The van der Waals surface area contributed by atoms with Crippen LogP contribution in [0.1, 0.15) is 30.9 Å². The highest BCUT2D eigenvalue weighted by Crippen LogP contribution is 2.23. The second-order valence-corrected chi connectivity index (χ2v) is 7.68. The number of aliphatic hydroxyl groups excluding tert-OH is 1. The standard InChI is InChI=1S/C24H34N4O2.HI/c1-3-25-24(27-17-20-6-10-23(30-2)11-7-20)26-16-19-4-8-22(9-5-19)28-14-12-21(18-29)13-15-28;/h4-11,21,29H,3,12-18H2,1-2H3,(H2,25,26,27);1H. The number of benzene rings is 2. The van der Waals surface area contributed by atoms with Gasteiger partial charge in [0.05, 0.1) is 13.7 Å². The Morgan fingerprint density at radius 3 is 2.26 bits per heavy atom. The predicted molar refractivity (Wildman–Crippen MR) is 139 cm³/mol. The van der Waals surface area contributed by atoms with Crippen molar-refractivity contribution in [2.24, 2.45) is 10.9 Å². The zero-order valence-corrected chi connectivity index (χ0v) is 20.8. The summed E-state index contributed by atoms with van der Waals surface area (Å²) < 4.78 is 5.20. The number of hydrogen-bond donors (Lipinski definition) is 3.